The van der Waals surface area contributed by atoms with E-state index in [9.17, 15) is 0 Å². The minimum atomic E-state index is 0.508. The summed E-state index contributed by atoms with van der Waals surface area (Å²) in [5.41, 5.74) is 2.19. The SMILES string of the molecule is CCN(c1ccccc1)c1cnnc(NCc2ccncc2)n1. The van der Waals surface area contributed by atoms with Gasteiger partial charge in [0.1, 0.15) is 0 Å². The summed E-state index contributed by atoms with van der Waals surface area (Å²) < 4.78 is 0. The third-order valence-corrected chi connectivity index (χ3v) is 3.41. The van der Waals surface area contributed by atoms with E-state index in [1.54, 1.807) is 18.6 Å². The first kappa shape index (κ1) is 14.9. The average Bonchev–Trinajstić information content (AvgIpc) is 2.63. The van der Waals surface area contributed by atoms with E-state index in [0.29, 0.717) is 12.5 Å². The molecule has 0 aliphatic carbocycles. The lowest BCUT2D eigenvalue weighted by Crippen LogP contribution is -2.18. The Balaban J connectivity index is 1.76. The molecule has 3 aromatic rings. The lowest BCUT2D eigenvalue weighted by Gasteiger charge is -2.21. The molecule has 116 valence electrons. The van der Waals surface area contributed by atoms with Crippen molar-refractivity contribution in [3.8, 4) is 0 Å². The largest absolute Gasteiger partial charge is 0.349 e. The van der Waals surface area contributed by atoms with Crippen LogP contribution in [0.15, 0.2) is 61.1 Å². The van der Waals surface area contributed by atoms with Gasteiger partial charge < -0.3 is 10.2 Å². The van der Waals surface area contributed by atoms with Crippen molar-refractivity contribution in [1.82, 2.24) is 20.2 Å². The van der Waals surface area contributed by atoms with Crippen molar-refractivity contribution >= 4 is 17.5 Å². The number of anilines is 3. The van der Waals surface area contributed by atoms with Crippen molar-refractivity contribution in [2.45, 2.75) is 13.5 Å². The molecule has 2 heterocycles. The van der Waals surface area contributed by atoms with Crippen molar-refractivity contribution in [2.24, 2.45) is 0 Å². The molecule has 0 saturated carbocycles. The van der Waals surface area contributed by atoms with Gasteiger partial charge in [0, 0.05) is 31.2 Å². The highest BCUT2D eigenvalue weighted by Crippen LogP contribution is 2.22. The summed E-state index contributed by atoms with van der Waals surface area (Å²) in [5.74, 6) is 1.28. The van der Waals surface area contributed by atoms with Crippen LogP contribution in [0.1, 0.15) is 12.5 Å². The Labute approximate surface area is 135 Å². The quantitative estimate of drug-likeness (QED) is 0.755. The normalized spacial score (nSPS) is 10.3. The van der Waals surface area contributed by atoms with E-state index in [2.05, 4.69) is 49.4 Å². The Kier molecular flexibility index (Phi) is 4.73. The van der Waals surface area contributed by atoms with Crippen molar-refractivity contribution in [3.05, 3.63) is 66.6 Å². The molecule has 0 fully saturated rings. The Hall–Kier alpha value is -3.02. The van der Waals surface area contributed by atoms with Gasteiger partial charge >= 0.3 is 0 Å². The third-order valence-electron chi connectivity index (χ3n) is 3.41. The van der Waals surface area contributed by atoms with Crippen LogP contribution in [0.5, 0.6) is 0 Å². The van der Waals surface area contributed by atoms with E-state index >= 15 is 0 Å². The summed E-state index contributed by atoms with van der Waals surface area (Å²) in [5, 5.41) is 11.3. The predicted molar refractivity (Wildman–Crippen MR) is 90.5 cm³/mol. The molecular formula is C17H18N6. The van der Waals surface area contributed by atoms with E-state index in [4.69, 9.17) is 0 Å². The monoisotopic (exact) mass is 306 g/mol. The Morgan fingerprint density at radius 1 is 1.04 bits per heavy atom. The van der Waals surface area contributed by atoms with Crippen LogP contribution in [-0.2, 0) is 6.54 Å². The fourth-order valence-electron chi connectivity index (χ4n) is 2.27. The minimum Gasteiger partial charge on any atom is -0.349 e. The van der Waals surface area contributed by atoms with E-state index in [1.807, 2.05) is 30.3 Å². The number of para-hydroxylation sites is 1. The highest BCUT2D eigenvalue weighted by molar-refractivity contribution is 5.59. The van der Waals surface area contributed by atoms with Gasteiger partial charge in [-0.2, -0.15) is 10.1 Å². The van der Waals surface area contributed by atoms with Gasteiger partial charge in [-0.1, -0.05) is 18.2 Å². The van der Waals surface area contributed by atoms with E-state index < -0.39 is 0 Å². The summed E-state index contributed by atoms with van der Waals surface area (Å²) >= 11 is 0. The first-order chi connectivity index (χ1) is 11.4. The molecular weight excluding hydrogens is 288 g/mol. The summed E-state index contributed by atoms with van der Waals surface area (Å²) in [4.78, 5) is 10.7. The van der Waals surface area contributed by atoms with Crippen LogP contribution >= 0.6 is 0 Å². The maximum atomic E-state index is 4.56. The second-order valence-corrected chi connectivity index (χ2v) is 4.93. The zero-order valence-electron chi connectivity index (χ0n) is 12.9. The molecule has 0 saturated heterocycles. The number of pyridine rings is 1. The molecule has 0 spiro atoms. The average molecular weight is 306 g/mol. The van der Waals surface area contributed by atoms with Gasteiger partial charge in [0.2, 0.25) is 5.95 Å². The van der Waals surface area contributed by atoms with Crippen LogP contribution in [0.4, 0.5) is 17.5 Å². The Morgan fingerprint density at radius 2 is 1.83 bits per heavy atom. The number of nitrogens with one attached hydrogen (secondary N) is 1. The molecule has 6 nitrogen and oxygen atoms in total. The topological polar surface area (TPSA) is 66.8 Å². The van der Waals surface area contributed by atoms with Crippen molar-refractivity contribution < 1.29 is 0 Å². The van der Waals surface area contributed by atoms with E-state index in [0.717, 1.165) is 23.6 Å². The molecule has 0 atom stereocenters. The van der Waals surface area contributed by atoms with Gasteiger partial charge in [0.05, 0.1) is 6.20 Å². The van der Waals surface area contributed by atoms with Gasteiger partial charge in [-0.15, -0.1) is 5.10 Å². The second-order valence-electron chi connectivity index (χ2n) is 4.93. The number of rotatable bonds is 6. The molecule has 0 unspecified atom stereocenters. The molecule has 1 aromatic carbocycles. The second kappa shape index (κ2) is 7.31. The van der Waals surface area contributed by atoms with Gasteiger partial charge in [0.15, 0.2) is 5.82 Å². The van der Waals surface area contributed by atoms with E-state index in [1.165, 1.54) is 0 Å². The van der Waals surface area contributed by atoms with Crippen LogP contribution in [-0.4, -0.2) is 26.7 Å². The number of nitrogens with zero attached hydrogens (tertiary/aromatic N) is 5. The molecule has 1 N–H and O–H groups in total. The molecule has 0 amide bonds. The number of benzene rings is 1. The molecule has 0 bridgehead atoms. The zero-order chi connectivity index (χ0) is 15.9. The summed E-state index contributed by atoms with van der Waals surface area (Å²) in [6, 6.07) is 14.0. The van der Waals surface area contributed by atoms with Gasteiger partial charge in [-0.25, -0.2) is 0 Å². The van der Waals surface area contributed by atoms with Gasteiger partial charge in [-0.3, -0.25) is 4.98 Å². The van der Waals surface area contributed by atoms with Crippen molar-refractivity contribution in [2.75, 3.05) is 16.8 Å². The lowest BCUT2D eigenvalue weighted by atomic mass is 10.3. The molecule has 0 radical (unpaired) electrons. The highest BCUT2D eigenvalue weighted by atomic mass is 15.3. The van der Waals surface area contributed by atoms with Crippen LogP contribution in [0.3, 0.4) is 0 Å². The standard InChI is InChI=1S/C17H18N6/c1-2-23(15-6-4-3-5-7-15)16-13-20-22-17(21-16)19-12-14-8-10-18-11-9-14/h3-11,13H,2,12H2,1H3,(H,19,21,22). The smallest absolute Gasteiger partial charge is 0.244 e. The Bertz CT molecular complexity index is 732. The minimum absolute atomic E-state index is 0.508. The fourth-order valence-corrected chi connectivity index (χ4v) is 2.27. The molecule has 6 heteroatoms. The third kappa shape index (κ3) is 3.79. The summed E-state index contributed by atoms with van der Waals surface area (Å²) in [6.45, 7) is 3.51. The van der Waals surface area contributed by atoms with Crippen LogP contribution < -0.4 is 10.2 Å². The predicted octanol–water partition coefficient (Wildman–Crippen LogP) is 3.04. The first-order valence-electron chi connectivity index (χ1n) is 7.52. The molecule has 0 aliphatic rings. The maximum Gasteiger partial charge on any atom is 0.244 e. The molecule has 0 aliphatic heterocycles. The van der Waals surface area contributed by atoms with Gasteiger partial charge in [-0.05, 0) is 36.8 Å². The summed E-state index contributed by atoms with van der Waals surface area (Å²) in [7, 11) is 0. The van der Waals surface area contributed by atoms with Gasteiger partial charge in [0.25, 0.3) is 0 Å². The Morgan fingerprint density at radius 3 is 2.57 bits per heavy atom. The van der Waals surface area contributed by atoms with Crippen LogP contribution in [0.2, 0.25) is 0 Å². The first-order valence-corrected chi connectivity index (χ1v) is 7.52. The van der Waals surface area contributed by atoms with Crippen LogP contribution in [0.25, 0.3) is 0 Å². The number of hydrogen-bond acceptors (Lipinski definition) is 6. The molecule has 23 heavy (non-hydrogen) atoms. The maximum absolute atomic E-state index is 4.56. The zero-order valence-corrected chi connectivity index (χ0v) is 12.9. The number of hydrogen-bond donors (Lipinski definition) is 1. The summed E-state index contributed by atoms with van der Waals surface area (Å²) in [6.07, 6.45) is 5.20. The van der Waals surface area contributed by atoms with Crippen LogP contribution in [0, 0.1) is 0 Å². The fraction of sp³-hybridized carbons (Fsp3) is 0.176. The molecule has 3 rings (SSSR count). The highest BCUT2D eigenvalue weighted by Gasteiger charge is 2.10. The lowest BCUT2D eigenvalue weighted by molar-refractivity contribution is 0.904. The number of aromatic nitrogens is 4. The van der Waals surface area contributed by atoms with E-state index in [-0.39, 0.29) is 0 Å². The van der Waals surface area contributed by atoms with Crippen molar-refractivity contribution in [3.63, 3.8) is 0 Å². The van der Waals surface area contributed by atoms with Crippen molar-refractivity contribution in [1.29, 1.82) is 0 Å². The molecule has 2 aromatic heterocycles.